The van der Waals surface area contributed by atoms with E-state index in [2.05, 4.69) is 60.5 Å². The van der Waals surface area contributed by atoms with Crippen LogP contribution in [0.15, 0.2) is 54.6 Å². The second-order valence-corrected chi connectivity index (χ2v) is 6.89. The fourth-order valence-electron chi connectivity index (χ4n) is 3.48. The first-order valence-corrected chi connectivity index (χ1v) is 9.23. The van der Waals surface area contributed by atoms with Gasteiger partial charge in [0, 0.05) is 30.4 Å². The van der Waals surface area contributed by atoms with Crippen molar-refractivity contribution in [2.75, 3.05) is 23.3 Å². The molecule has 1 aliphatic heterocycles. The van der Waals surface area contributed by atoms with Gasteiger partial charge in [0.2, 0.25) is 5.95 Å². The van der Waals surface area contributed by atoms with Crippen molar-refractivity contribution in [2.24, 2.45) is 0 Å². The summed E-state index contributed by atoms with van der Waals surface area (Å²) >= 11 is 0. The van der Waals surface area contributed by atoms with Gasteiger partial charge < -0.3 is 10.2 Å². The summed E-state index contributed by atoms with van der Waals surface area (Å²) < 4.78 is 0. The second-order valence-electron chi connectivity index (χ2n) is 6.89. The quantitative estimate of drug-likeness (QED) is 0.714. The van der Waals surface area contributed by atoms with Gasteiger partial charge in [-0.2, -0.15) is 4.98 Å². The minimum atomic E-state index is 0.658. The Morgan fingerprint density at radius 3 is 2.23 bits per heavy atom. The summed E-state index contributed by atoms with van der Waals surface area (Å²) in [6, 6.07) is 18.7. The third-order valence-corrected chi connectivity index (χ3v) is 4.93. The smallest absolute Gasteiger partial charge is 0.229 e. The van der Waals surface area contributed by atoms with E-state index < -0.39 is 0 Å². The molecule has 4 rings (SSSR count). The highest BCUT2D eigenvalue weighted by Crippen LogP contribution is 2.28. The number of hydrogen-bond donors (Lipinski definition) is 1. The van der Waals surface area contributed by atoms with E-state index in [4.69, 9.17) is 9.97 Å². The molecule has 2 aromatic carbocycles. The Labute approximate surface area is 154 Å². The minimum absolute atomic E-state index is 0.658. The number of hydrogen-bond acceptors (Lipinski definition) is 4. The van der Waals surface area contributed by atoms with E-state index >= 15 is 0 Å². The van der Waals surface area contributed by atoms with Gasteiger partial charge in [0.1, 0.15) is 5.82 Å². The van der Waals surface area contributed by atoms with Crippen molar-refractivity contribution in [1.29, 1.82) is 0 Å². The Kier molecular flexibility index (Phi) is 4.57. The molecule has 1 fully saturated rings. The van der Waals surface area contributed by atoms with Crippen LogP contribution in [0.4, 0.5) is 17.5 Å². The average molecular weight is 344 g/mol. The van der Waals surface area contributed by atoms with Crippen LogP contribution in [0.25, 0.3) is 11.3 Å². The molecular formula is C22H24N4. The molecule has 4 heteroatoms. The van der Waals surface area contributed by atoms with E-state index in [1.165, 1.54) is 24.0 Å². The van der Waals surface area contributed by atoms with Crippen LogP contribution in [0.5, 0.6) is 0 Å². The van der Waals surface area contributed by atoms with Crippen LogP contribution in [0.2, 0.25) is 0 Å². The summed E-state index contributed by atoms with van der Waals surface area (Å²) in [5.41, 5.74) is 5.55. The number of anilines is 3. The number of para-hydroxylation sites is 1. The van der Waals surface area contributed by atoms with E-state index in [0.29, 0.717) is 5.95 Å². The summed E-state index contributed by atoms with van der Waals surface area (Å²) in [6.45, 7) is 6.34. The Balaban J connectivity index is 1.77. The molecule has 1 N–H and O–H groups in total. The maximum Gasteiger partial charge on any atom is 0.229 e. The number of nitrogens with one attached hydrogen (secondary N) is 1. The molecular weight excluding hydrogens is 320 g/mol. The highest BCUT2D eigenvalue weighted by atomic mass is 15.2. The molecule has 1 saturated heterocycles. The molecule has 1 aliphatic rings. The Morgan fingerprint density at radius 2 is 1.54 bits per heavy atom. The van der Waals surface area contributed by atoms with Gasteiger partial charge in [0.25, 0.3) is 0 Å². The number of nitrogens with zero attached hydrogens (tertiary/aromatic N) is 3. The van der Waals surface area contributed by atoms with Crippen LogP contribution < -0.4 is 10.2 Å². The molecule has 2 heterocycles. The van der Waals surface area contributed by atoms with Crippen molar-refractivity contribution in [2.45, 2.75) is 26.7 Å². The van der Waals surface area contributed by atoms with Crippen LogP contribution in [0.3, 0.4) is 0 Å². The number of rotatable bonds is 4. The molecule has 0 aliphatic carbocycles. The van der Waals surface area contributed by atoms with Crippen molar-refractivity contribution in [1.82, 2.24) is 9.97 Å². The number of benzene rings is 2. The molecule has 3 aromatic rings. The molecule has 0 radical (unpaired) electrons. The van der Waals surface area contributed by atoms with Gasteiger partial charge >= 0.3 is 0 Å². The normalized spacial score (nSPS) is 13.8. The van der Waals surface area contributed by atoms with Gasteiger partial charge in [0.05, 0.1) is 5.69 Å². The highest BCUT2D eigenvalue weighted by molar-refractivity contribution is 5.68. The molecule has 0 atom stereocenters. The Bertz CT molecular complexity index is 879. The van der Waals surface area contributed by atoms with Crippen molar-refractivity contribution < 1.29 is 0 Å². The monoisotopic (exact) mass is 344 g/mol. The van der Waals surface area contributed by atoms with Gasteiger partial charge in [-0.25, -0.2) is 4.98 Å². The molecule has 0 bridgehead atoms. The van der Waals surface area contributed by atoms with Crippen molar-refractivity contribution >= 4 is 17.5 Å². The van der Waals surface area contributed by atoms with Crippen LogP contribution in [-0.4, -0.2) is 23.1 Å². The molecule has 26 heavy (non-hydrogen) atoms. The predicted octanol–water partition coefficient (Wildman–Crippen LogP) is 5.10. The van der Waals surface area contributed by atoms with E-state index in [0.717, 1.165) is 35.9 Å². The van der Waals surface area contributed by atoms with Crippen molar-refractivity contribution in [3.8, 4) is 11.3 Å². The average Bonchev–Trinajstić information content (AvgIpc) is 3.20. The summed E-state index contributed by atoms with van der Waals surface area (Å²) in [7, 11) is 0. The van der Waals surface area contributed by atoms with Crippen LogP contribution in [0.1, 0.15) is 24.0 Å². The fraction of sp³-hybridized carbons (Fsp3) is 0.273. The first kappa shape index (κ1) is 16.6. The van der Waals surface area contributed by atoms with Gasteiger partial charge in [-0.15, -0.1) is 0 Å². The van der Waals surface area contributed by atoms with Gasteiger partial charge in [-0.05, 0) is 37.8 Å². The lowest BCUT2D eigenvalue weighted by atomic mass is 10.1. The summed E-state index contributed by atoms with van der Waals surface area (Å²) in [5, 5.41) is 3.47. The lowest BCUT2D eigenvalue weighted by Gasteiger charge is -2.19. The molecule has 132 valence electrons. The lowest BCUT2D eigenvalue weighted by Crippen LogP contribution is -2.20. The SMILES string of the molecule is Cc1cccc(C)c1Nc1nc(-c2ccccc2)cc(N2CCCC2)n1. The summed E-state index contributed by atoms with van der Waals surface area (Å²) in [5.74, 6) is 1.66. The van der Waals surface area contributed by atoms with Gasteiger partial charge in [-0.1, -0.05) is 48.5 Å². The Morgan fingerprint density at radius 1 is 0.846 bits per heavy atom. The molecule has 0 amide bonds. The molecule has 4 nitrogen and oxygen atoms in total. The maximum absolute atomic E-state index is 4.82. The zero-order valence-corrected chi connectivity index (χ0v) is 15.4. The number of aryl methyl sites for hydroxylation is 2. The molecule has 1 aromatic heterocycles. The zero-order chi connectivity index (χ0) is 17.9. The third kappa shape index (κ3) is 3.40. The van der Waals surface area contributed by atoms with Crippen LogP contribution in [0, 0.1) is 13.8 Å². The summed E-state index contributed by atoms with van der Waals surface area (Å²) in [4.78, 5) is 12.0. The fourth-order valence-corrected chi connectivity index (χ4v) is 3.48. The van der Waals surface area contributed by atoms with Crippen LogP contribution >= 0.6 is 0 Å². The predicted molar refractivity (Wildman–Crippen MR) is 108 cm³/mol. The van der Waals surface area contributed by atoms with E-state index in [9.17, 15) is 0 Å². The highest BCUT2D eigenvalue weighted by Gasteiger charge is 2.17. The third-order valence-electron chi connectivity index (χ3n) is 4.93. The first-order valence-electron chi connectivity index (χ1n) is 9.23. The van der Waals surface area contributed by atoms with E-state index in [1.807, 2.05) is 18.2 Å². The minimum Gasteiger partial charge on any atom is -0.356 e. The van der Waals surface area contributed by atoms with Gasteiger partial charge in [0.15, 0.2) is 0 Å². The Hall–Kier alpha value is -2.88. The molecule has 0 saturated carbocycles. The standard InChI is InChI=1S/C22H24N4/c1-16-9-8-10-17(2)21(16)25-22-23-19(18-11-4-3-5-12-18)15-20(24-22)26-13-6-7-14-26/h3-5,8-12,15H,6-7,13-14H2,1-2H3,(H,23,24,25). The van der Waals surface area contributed by atoms with Crippen molar-refractivity contribution in [3.05, 3.63) is 65.7 Å². The number of aromatic nitrogens is 2. The first-order chi connectivity index (χ1) is 12.7. The van der Waals surface area contributed by atoms with Crippen molar-refractivity contribution in [3.63, 3.8) is 0 Å². The molecule has 0 unspecified atom stereocenters. The summed E-state index contributed by atoms with van der Waals surface area (Å²) in [6.07, 6.45) is 2.45. The molecule has 0 spiro atoms. The lowest BCUT2D eigenvalue weighted by molar-refractivity contribution is 0.930. The zero-order valence-electron chi connectivity index (χ0n) is 15.4. The topological polar surface area (TPSA) is 41.1 Å². The van der Waals surface area contributed by atoms with Crippen LogP contribution in [-0.2, 0) is 0 Å². The van der Waals surface area contributed by atoms with E-state index in [-0.39, 0.29) is 0 Å². The second kappa shape index (κ2) is 7.16. The van der Waals surface area contributed by atoms with Gasteiger partial charge in [-0.3, -0.25) is 0 Å². The largest absolute Gasteiger partial charge is 0.356 e. The van der Waals surface area contributed by atoms with E-state index in [1.54, 1.807) is 0 Å². The maximum atomic E-state index is 4.82.